The van der Waals surface area contributed by atoms with Crippen LogP contribution in [0.4, 0.5) is 10.1 Å². The summed E-state index contributed by atoms with van der Waals surface area (Å²) < 4.78 is 13.2. The van der Waals surface area contributed by atoms with Crippen molar-refractivity contribution in [1.82, 2.24) is 5.32 Å². The van der Waals surface area contributed by atoms with Crippen LogP contribution in [0.5, 0.6) is 0 Å². The lowest BCUT2D eigenvalue weighted by molar-refractivity contribution is 0.625. The van der Waals surface area contributed by atoms with Gasteiger partial charge in [0.05, 0.1) is 11.3 Å². The molecule has 1 rings (SSSR count). The zero-order valence-corrected chi connectivity index (χ0v) is 8.10. The first-order valence-corrected chi connectivity index (χ1v) is 4.43. The predicted molar refractivity (Wildman–Crippen MR) is 56.2 cm³/mol. The van der Waals surface area contributed by atoms with E-state index in [1.807, 2.05) is 7.05 Å². The van der Waals surface area contributed by atoms with Crippen LogP contribution >= 0.6 is 0 Å². The minimum absolute atomic E-state index is 0.295. The van der Waals surface area contributed by atoms with Gasteiger partial charge in [0, 0.05) is 13.0 Å². The fraction of sp³-hybridized carbons (Fsp3) is 0.273. The van der Waals surface area contributed by atoms with E-state index >= 15 is 0 Å². The van der Waals surface area contributed by atoms with E-state index in [9.17, 15) is 4.39 Å². The molecule has 0 aliphatic carbocycles. The van der Waals surface area contributed by atoms with Crippen molar-refractivity contribution in [3.05, 3.63) is 29.6 Å². The highest BCUT2D eigenvalue weighted by atomic mass is 19.1. The molecule has 14 heavy (non-hydrogen) atoms. The van der Waals surface area contributed by atoms with Gasteiger partial charge in [0.1, 0.15) is 5.82 Å². The Morgan fingerprint density at radius 3 is 2.93 bits per heavy atom. The average molecular weight is 192 g/mol. The lowest BCUT2D eigenvalue weighted by atomic mass is 10.1. The highest BCUT2D eigenvalue weighted by molar-refractivity contribution is 5.56. The number of nitrogens with two attached hydrogens (primary N) is 1. The Morgan fingerprint density at radius 2 is 2.29 bits per heavy atom. The van der Waals surface area contributed by atoms with Crippen LogP contribution in [0.3, 0.4) is 0 Å². The van der Waals surface area contributed by atoms with Gasteiger partial charge in [-0.05, 0) is 19.2 Å². The number of nitrogen functional groups attached to an aromatic ring is 1. The van der Waals surface area contributed by atoms with Crippen LogP contribution in [0.2, 0.25) is 0 Å². The molecular formula is C11H13FN2. The minimum atomic E-state index is -0.359. The Balaban J connectivity index is 2.78. The molecule has 0 saturated heterocycles. The summed E-state index contributed by atoms with van der Waals surface area (Å²) >= 11 is 0. The minimum Gasteiger partial charge on any atom is -0.398 e. The second kappa shape index (κ2) is 5.25. The van der Waals surface area contributed by atoms with E-state index in [0.29, 0.717) is 17.7 Å². The molecule has 3 N–H and O–H groups in total. The first-order valence-electron chi connectivity index (χ1n) is 4.43. The molecule has 0 saturated carbocycles. The maximum absolute atomic E-state index is 13.2. The van der Waals surface area contributed by atoms with Crippen LogP contribution < -0.4 is 11.1 Å². The third-order valence-corrected chi connectivity index (χ3v) is 1.76. The molecule has 0 spiro atoms. The van der Waals surface area contributed by atoms with Crippen LogP contribution in [0.25, 0.3) is 0 Å². The number of halogens is 1. The van der Waals surface area contributed by atoms with Crippen LogP contribution in [-0.2, 0) is 0 Å². The van der Waals surface area contributed by atoms with Crippen molar-refractivity contribution in [2.45, 2.75) is 6.42 Å². The maximum Gasteiger partial charge on any atom is 0.140 e. The van der Waals surface area contributed by atoms with E-state index in [0.717, 1.165) is 6.54 Å². The number of benzene rings is 1. The fourth-order valence-corrected chi connectivity index (χ4v) is 1.01. The number of hydrogen-bond acceptors (Lipinski definition) is 2. The average Bonchev–Trinajstić information content (AvgIpc) is 2.16. The van der Waals surface area contributed by atoms with E-state index < -0.39 is 0 Å². The SMILES string of the molecule is CNCCC#Cc1c(N)cccc1F. The molecule has 1 aromatic carbocycles. The fourth-order valence-electron chi connectivity index (χ4n) is 1.01. The number of rotatable bonds is 2. The lowest BCUT2D eigenvalue weighted by Gasteiger charge is -1.98. The Labute approximate surface area is 83.3 Å². The number of anilines is 1. The summed E-state index contributed by atoms with van der Waals surface area (Å²) in [5.74, 6) is 5.22. The van der Waals surface area contributed by atoms with Gasteiger partial charge in [-0.2, -0.15) is 0 Å². The molecule has 0 atom stereocenters. The molecular weight excluding hydrogens is 179 g/mol. The quantitative estimate of drug-likeness (QED) is 0.422. The number of hydrogen-bond donors (Lipinski definition) is 2. The van der Waals surface area contributed by atoms with Crippen LogP contribution in [0, 0.1) is 17.7 Å². The summed E-state index contributed by atoms with van der Waals surface area (Å²) in [5.41, 5.74) is 6.26. The smallest absolute Gasteiger partial charge is 0.140 e. The summed E-state index contributed by atoms with van der Waals surface area (Å²) in [6.45, 7) is 0.793. The summed E-state index contributed by atoms with van der Waals surface area (Å²) in [6.07, 6.45) is 0.685. The topological polar surface area (TPSA) is 38.0 Å². The molecule has 1 aromatic rings. The van der Waals surface area contributed by atoms with Crippen molar-refractivity contribution in [3.8, 4) is 11.8 Å². The van der Waals surface area contributed by atoms with E-state index in [-0.39, 0.29) is 5.82 Å². The maximum atomic E-state index is 13.2. The monoisotopic (exact) mass is 192 g/mol. The van der Waals surface area contributed by atoms with Crippen molar-refractivity contribution >= 4 is 5.69 Å². The molecule has 3 heteroatoms. The third-order valence-electron chi connectivity index (χ3n) is 1.76. The van der Waals surface area contributed by atoms with Gasteiger partial charge in [0.15, 0.2) is 0 Å². The Morgan fingerprint density at radius 1 is 1.50 bits per heavy atom. The predicted octanol–water partition coefficient (Wildman–Crippen LogP) is 1.37. The molecule has 0 aliphatic rings. The first kappa shape index (κ1) is 10.6. The third kappa shape index (κ3) is 2.75. The van der Waals surface area contributed by atoms with Crippen LogP contribution in [0.15, 0.2) is 18.2 Å². The van der Waals surface area contributed by atoms with Gasteiger partial charge in [-0.3, -0.25) is 0 Å². The lowest BCUT2D eigenvalue weighted by Crippen LogP contribution is -2.06. The molecule has 0 fully saturated rings. The number of nitrogens with one attached hydrogen (secondary N) is 1. The summed E-state index contributed by atoms with van der Waals surface area (Å²) in [6, 6.07) is 4.58. The molecule has 74 valence electrons. The molecule has 0 bridgehead atoms. The normalized spacial score (nSPS) is 9.29. The Kier molecular flexibility index (Phi) is 3.96. The molecule has 0 aromatic heterocycles. The van der Waals surface area contributed by atoms with Crippen molar-refractivity contribution in [2.24, 2.45) is 0 Å². The second-order valence-corrected chi connectivity index (χ2v) is 2.86. The standard InChI is InChI=1S/C11H13FN2/c1-14-8-3-2-5-9-10(12)6-4-7-11(9)13/h4,6-7,14H,3,8,13H2,1H3. The van der Waals surface area contributed by atoms with Gasteiger partial charge in [0.25, 0.3) is 0 Å². The van der Waals surface area contributed by atoms with Gasteiger partial charge >= 0.3 is 0 Å². The van der Waals surface area contributed by atoms with Gasteiger partial charge in [-0.1, -0.05) is 17.9 Å². The van der Waals surface area contributed by atoms with Gasteiger partial charge in [0.2, 0.25) is 0 Å². The van der Waals surface area contributed by atoms with Gasteiger partial charge < -0.3 is 11.1 Å². The van der Waals surface area contributed by atoms with Gasteiger partial charge in [-0.15, -0.1) is 0 Å². The van der Waals surface area contributed by atoms with E-state index in [1.165, 1.54) is 6.07 Å². The van der Waals surface area contributed by atoms with Gasteiger partial charge in [-0.25, -0.2) is 4.39 Å². The zero-order valence-electron chi connectivity index (χ0n) is 8.10. The van der Waals surface area contributed by atoms with E-state index in [4.69, 9.17) is 5.73 Å². The molecule has 0 amide bonds. The molecule has 0 aliphatic heterocycles. The van der Waals surface area contributed by atoms with Crippen LogP contribution in [-0.4, -0.2) is 13.6 Å². The van der Waals surface area contributed by atoms with Crippen LogP contribution in [0.1, 0.15) is 12.0 Å². The second-order valence-electron chi connectivity index (χ2n) is 2.86. The largest absolute Gasteiger partial charge is 0.398 e. The molecule has 2 nitrogen and oxygen atoms in total. The van der Waals surface area contributed by atoms with E-state index in [2.05, 4.69) is 17.2 Å². The molecule has 0 radical (unpaired) electrons. The Hall–Kier alpha value is -1.53. The zero-order chi connectivity index (χ0) is 10.4. The summed E-state index contributed by atoms with van der Waals surface area (Å²) in [4.78, 5) is 0. The van der Waals surface area contributed by atoms with Crippen molar-refractivity contribution in [3.63, 3.8) is 0 Å². The molecule has 0 heterocycles. The van der Waals surface area contributed by atoms with E-state index in [1.54, 1.807) is 12.1 Å². The first-order chi connectivity index (χ1) is 6.75. The molecule has 0 unspecified atom stereocenters. The van der Waals surface area contributed by atoms with Crippen molar-refractivity contribution < 1.29 is 4.39 Å². The highest BCUT2D eigenvalue weighted by Gasteiger charge is 2.00. The highest BCUT2D eigenvalue weighted by Crippen LogP contribution is 2.13. The Bertz CT molecular complexity index is 343. The van der Waals surface area contributed by atoms with Crippen molar-refractivity contribution in [1.29, 1.82) is 0 Å². The van der Waals surface area contributed by atoms with Crippen molar-refractivity contribution in [2.75, 3.05) is 19.3 Å². The summed E-state index contributed by atoms with van der Waals surface area (Å²) in [7, 11) is 1.85. The summed E-state index contributed by atoms with van der Waals surface area (Å²) in [5, 5.41) is 2.96.